The molecule has 0 atom stereocenters. The molecule has 10 heteroatoms. The fraction of sp³-hybridized carbons (Fsp3) is 0.308. The molecule has 0 bridgehead atoms. The minimum absolute atomic E-state index is 0.0591. The predicted octanol–water partition coefficient (Wildman–Crippen LogP) is 2.09. The fourth-order valence-electron chi connectivity index (χ4n) is 2.19. The van der Waals surface area contributed by atoms with E-state index in [0.717, 1.165) is 11.5 Å². The third-order valence-electron chi connectivity index (χ3n) is 3.34. The van der Waals surface area contributed by atoms with Gasteiger partial charge in [0, 0.05) is 18.1 Å². The number of anilines is 1. The van der Waals surface area contributed by atoms with Crippen molar-refractivity contribution < 1.29 is 17.9 Å². The molecule has 1 aromatic carbocycles. The maximum absolute atomic E-state index is 12.0. The highest BCUT2D eigenvalue weighted by Gasteiger charge is 2.28. The molecule has 2 heterocycles. The van der Waals surface area contributed by atoms with Crippen molar-refractivity contribution in [2.45, 2.75) is 13.0 Å². The Kier molecular flexibility index (Phi) is 4.51. The summed E-state index contributed by atoms with van der Waals surface area (Å²) in [5, 5.41) is 3.75. The largest absolute Gasteiger partial charge is 0.455 e. The number of rotatable bonds is 4. The highest BCUT2D eigenvalue weighted by molar-refractivity contribution is 7.93. The van der Waals surface area contributed by atoms with E-state index in [0.29, 0.717) is 34.2 Å². The van der Waals surface area contributed by atoms with Crippen LogP contribution in [0.3, 0.4) is 0 Å². The van der Waals surface area contributed by atoms with Gasteiger partial charge in [-0.25, -0.2) is 13.2 Å². The second-order valence-corrected chi connectivity index (χ2v) is 8.23. The molecule has 0 radical (unpaired) electrons. The van der Waals surface area contributed by atoms with Gasteiger partial charge in [0.1, 0.15) is 16.6 Å². The van der Waals surface area contributed by atoms with E-state index in [-0.39, 0.29) is 12.4 Å². The number of halogens is 1. The summed E-state index contributed by atoms with van der Waals surface area (Å²) in [6, 6.07) is 6.26. The van der Waals surface area contributed by atoms with E-state index < -0.39 is 16.0 Å². The average molecular weight is 374 g/mol. The van der Waals surface area contributed by atoms with Crippen LogP contribution in [0.2, 0.25) is 4.34 Å². The number of benzene rings is 1. The van der Waals surface area contributed by atoms with Crippen LogP contribution in [-0.4, -0.2) is 36.3 Å². The number of hydrogen-bond acceptors (Lipinski definition) is 7. The van der Waals surface area contributed by atoms with Crippen LogP contribution in [-0.2, 0) is 21.4 Å². The van der Waals surface area contributed by atoms with E-state index in [1.807, 2.05) is 0 Å². The molecule has 1 aromatic heterocycles. The van der Waals surface area contributed by atoms with Gasteiger partial charge < -0.3 is 4.74 Å². The number of aromatic nitrogens is 2. The van der Waals surface area contributed by atoms with Crippen molar-refractivity contribution in [1.29, 1.82) is 0 Å². The molecule has 23 heavy (non-hydrogen) atoms. The zero-order chi connectivity index (χ0) is 16.4. The summed E-state index contributed by atoms with van der Waals surface area (Å²) < 4.78 is 34.2. The monoisotopic (exact) mass is 373 g/mol. The molecule has 1 aliphatic heterocycles. The maximum atomic E-state index is 12.0. The third-order valence-corrected chi connectivity index (χ3v) is 6.19. The molecule has 0 amide bonds. The highest BCUT2D eigenvalue weighted by atomic mass is 35.5. The van der Waals surface area contributed by atoms with Gasteiger partial charge in [0.25, 0.3) is 0 Å². The summed E-state index contributed by atoms with van der Waals surface area (Å²) in [5.74, 6) is -0.385. The lowest BCUT2D eigenvalue weighted by molar-refractivity contribution is 0.0468. The van der Waals surface area contributed by atoms with Crippen molar-refractivity contribution in [2.24, 2.45) is 0 Å². The van der Waals surface area contributed by atoms with Gasteiger partial charge in [-0.1, -0.05) is 16.1 Å². The Hall–Kier alpha value is -1.71. The summed E-state index contributed by atoms with van der Waals surface area (Å²) in [5.41, 5.74) is 1.28. The van der Waals surface area contributed by atoms with E-state index in [4.69, 9.17) is 16.3 Å². The Morgan fingerprint density at radius 2 is 2.09 bits per heavy atom. The Balaban J connectivity index is 1.67. The summed E-state index contributed by atoms with van der Waals surface area (Å²) in [4.78, 5) is 12.0. The molecule has 122 valence electrons. The number of nitrogens with zero attached hydrogens (tertiary/aromatic N) is 3. The molecule has 3 rings (SSSR count). The Morgan fingerprint density at radius 1 is 1.35 bits per heavy atom. The standard InChI is InChI=1S/C13H12ClN3O4S2/c14-12-11(15-16-22-12)8-21-13(18)9-2-4-10(5-3-9)17-6-1-7-23(17,19)20/h2-5H,1,6-8H2. The molecule has 0 unspecified atom stereocenters. The van der Waals surface area contributed by atoms with Crippen LogP contribution in [0.5, 0.6) is 0 Å². The topological polar surface area (TPSA) is 89.5 Å². The first-order valence-corrected chi connectivity index (χ1v) is 9.48. The molecule has 0 aliphatic carbocycles. The quantitative estimate of drug-likeness (QED) is 0.762. The van der Waals surface area contributed by atoms with Gasteiger partial charge in [0.05, 0.1) is 17.0 Å². The molecule has 1 saturated heterocycles. The number of carbonyl (C=O) groups is 1. The summed E-state index contributed by atoms with van der Waals surface area (Å²) in [7, 11) is -3.23. The highest BCUT2D eigenvalue weighted by Crippen LogP contribution is 2.24. The van der Waals surface area contributed by atoms with Crippen LogP contribution in [0.25, 0.3) is 0 Å². The van der Waals surface area contributed by atoms with Gasteiger partial charge in [-0.15, -0.1) is 5.10 Å². The van der Waals surface area contributed by atoms with E-state index >= 15 is 0 Å². The second kappa shape index (κ2) is 6.42. The lowest BCUT2D eigenvalue weighted by Gasteiger charge is -2.16. The molecule has 7 nitrogen and oxygen atoms in total. The molecular formula is C13H12ClN3O4S2. The predicted molar refractivity (Wildman–Crippen MR) is 86.2 cm³/mol. The van der Waals surface area contributed by atoms with Gasteiger partial charge in [0.15, 0.2) is 0 Å². The van der Waals surface area contributed by atoms with Crippen molar-refractivity contribution in [3.05, 3.63) is 39.9 Å². The van der Waals surface area contributed by atoms with Gasteiger partial charge in [-0.2, -0.15) is 0 Å². The molecule has 0 saturated carbocycles. The number of hydrogen-bond donors (Lipinski definition) is 0. The lowest BCUT2D eigenvalue weighted by Crippen LogP contribution is -2.25. The average Bonchev–Trinajstić information content (AvgIpc) is 3.10. The number of ether oxygens (including phenoxy) is 1. The zero-order valence-corrected chi connectivity index (χ0v) is 14.2. The minimum Gasteiger partial charge on any atom is -0.455 e. The van der Waals surface area contributed by atoms with Crippen LogP contribution in [0.15, 0.2) is 24.3 Å². The van der Waals surface area contributed by atoms with Crippen molar-refractivity contribution in [2.75, 3.05) is 16.6 Å². The van der Waals surface area contributed by atoms with Crippen LogP contribution in [0, 0.1) is 0 Å². The lowest BCUT2D eigenvalue weighted by atomic mass is 10.2. The second-order valence-electron chi connectivity index (χ2n) is 4.86. The molecule has 2 aromatic rings. The smallest absolute Gasteiger partial charge is 0.338 e. The number of sulfonamides is 1. The van der Waals surface area contributed by atoms with E-state index in [1.54, 1.807) is 12.1 Å². The van der Waals surface area contributed by atoms with Crippen LogP contribution in [0.4, 0.5) is 5.69 Å². The van der Waals surface area contributed by atoms with E-state index in [9.17, 15) is 13.2 Å². The van der Waals surface area contributed by atoms with Gasteiger partial charge in [-0.05, 0) is 30.7 Å². The van der Waals surface area contributed by atoms with Gasteiger partial charge >= 0.3 is 5.97 Å². The van der Waals surface area contributed by atoms with Gasteiger partial charge in [0.2, 0.25) is 10.0 Å². The normalized spacial score (nSPS) is 16.5. The van der Waals surface area contributed by atoms with Crippen LogP contribution >= 0.6 is 23.1 Å². The van der Waals surface area contributed by atoms with Crippen molar-refractivity contribution in [3.8, 4) is 0 Å². The summed E-state index contributed by atoms with van der Waals surface area (Å²) in [6.07, 6.45) is 0.606. The summed E-state index contributed by atoms with van der Waals surface area (Å²) >= 11 is 6.85. The Morgan fingerprint density at radius 3 is 2.65 bits per heavy atom. The first-order chi connectivity index (χ1) is 11.0. The van der Waals surface area contributed by atoms with Gasteiger partial charge in [-0.3, -0.25) is 4.31 Å². The minimum atomic E-state index is -3.23. The Bertz CT molecular complexity index is 820. The van der Waals surface area contributed by atoms with Crippen molar-refractivity contribution >= 4 is 44.8 Å². The first-order valence-electron chi connectivity index (χ1n) is 6.72. The van der Waals surface area contributed by atoms with E-state index in [1.165, 1.54) is 16.4 Å². The molecule has 1 aliphatic rings. The first kappa shape index (κ1) is 16.2. The molecule has 1 fully saturated rings. The van der Waals surface area contributed by atoms with Crippen LogP contribution in [0.1, 0.15) is 22.5 Å². The van der Waals surface area contributed by atoms with Crippen molar-refractivity contribution in [1.82, 2.24) is 9.59 Å². The fourth-order valence-corrected chi connectivity index (χ4v) is 4.36. The number of carbonyl (C=O) groups excluding carboxylic acids is 1. The zero-order valence-electron chi connectivity index (χ0n) is 11.8. The summed E-state index contributed by atoms with van der Waals surface area (Å²) in [6.45, 7) is 0.401. The third kappa shape index (κ3) is 3.46. The molecular weight excluding hydrogens is 362 g/mol. The van der Waals surface area contributed by atoms with E-state index in [2.05, 4.69) is 9.59 Å². The molecule has 0 N–H and O–H groups in total. The molecule has 0 spiro atoms. The number of esters is 1. The van der Waals surface area contributed by atoms with Crippen LogP contribution < -0.4 is 4.31 Å². The van der Waals surface area contributed by atoms with Crippen molar-refractivity contribution in [3.63, 3.8) is 0 Å². The maximum Gasteiger partial charge on any atom is 0.338 e. The SMILES string of the molecule is O=C(OCc1nnsc1Cl)c1ccc(N2CCCS2(=O)=O)cc1. The Labute approximate surface area is 142 Å².